The Kier molecular flexibility index (Phi) is 4.20. The summed E-state index contributed by atoms with van der Waals surface area (Å²) in [4.78, 5) is 6.76. The van der Waals surface area contributed by atoms with E-state index < -0.39 is 0 Å². The van der Waals surface area contributed by atoms with Crippen LogP contribution in [-0.2, 0) is 0 Å². The van der Waals surface area contributed by atoms with Gasteiger partial charge in [0, 0.05) is 23.8 Å². The first-order valence-electron chi connectivity index (χ1n) is 7.18. The molecule has 2 aromatic rings. The Bertz CT molecular complexity index is 601. The number of aromatic nitrogens is 3. The van der Waals surface area contributed by atoms with Crippen LogP contribution in [-0.4, -0.2) is 28.3 Å². The third-order valence-corrected chi connectivity index (χ3v) is 3.86. The first kappa shape index (κ1) is 14.1. The molecule has 1 fully saturated rings. The number of hydrogen-bond acceptors (Lipinski definition) is 5. The van der Waals surface area contributed by atoms with Crippen LogP contribution in [0.15, 0.2) is 30.5 Å². The van der Waals surface area contributed by atoms with Crippen LogP contribution in [0.2, 0.25) is 5.02 Å². The fourth-order valence-electron chi connectivity index (χ4n) is 2.54. The van der Waals surface area contributed by atoms with E-state index in [1.54, 1.807) is 6.20 Å². The van der Waals surface area contributed by atoms with Crippen LogP contribution in [0.25, 0.3) is 0 Å². The van der Waals surface area contributed by atoms with Gasteiger partial charge in [0.25, 0.3) is 0 Å². The maximum atomic E-state index is 5.88. The number of hydrogen-bond donors (Lipinski definition) is 1. The molecule has 1 aliphatic rings. The van der Waals surface area contributed by atoms with Crippen molar-refractivity contribution in [2.45, 2.75) is 19.8 Å². The van der Waals surface area contributed by atoms with Crippen LogP contribution in [0.3, 0.4) is 0 Å². The normalized spacial score (nSPS) is 18.6. The number of halogens is 1. The minimum atomic E-state index is 0.676. The molecule has 3 rings (SSSR count). The van der Waals surface area contributed by atoms with Gasteiger partial charge in [-0.1, -0.05) is 18.5 Å². The van der Waals surface area contributed by atoms with Gasteiger partial charge in [0.05, 0.1) is 6.20 Å². The first-order chi connectivity index (χ1) is 10.2. The Labute approximate surface area is 129 Å². The first-order valence-corrected chi connectivity index (χ1v) is 7.56. The summed E-state index contributed by atoms with van der Waals surface area (Å²) in [5, 5.41) is 12.1. The zero-order chi connectivity index (χ0) is 14.7. The number of rotatable bonds is 3. The third-order valence-electron chi connectivity index (χ3n) is 3.60. The SMILES string of the molecule is CC1CCCN(c2nncc(Nc3ccc(Cl)cc3)n2)C1. The van der Waals surface area contributed by atoms with Crippen LogP contribution in [0.4, 0.5) is 17.5 Å². The van der Waals surface area contributed by atoms with Crippen molar-refractivity contribution in [1.82, 2.24) is 15.2 Å². The fourth-order valence-corrected chi connectivity index (χ4v) is 2.67. The average molecular weight is 304 g/mol. The summed E-state index contributed by atoms with van der Waals surface area (Å²) in [7, 11) is 0. The highest BCUT2D eigenvalue weighted by molar-refractivity contribution is 6.30. The minimum Gasteiger partial charge on any atom is -0.339 e. The van der Waals surface area contributed by atoms with E-state index in [4.69, 9.17) is 11.6 Å². The average Bonchev–Trinajstić information content (AvgIpc) is 2.50. The van der Waals surface area contributed by atoms with Gasteiger partial charge in [-0.2, -0.15) is 10.1 Å². The highest BCUT2D eigenvalue weighted by atomic mass is 35.5. The molecule has 1 saturated heterocycles. The Balaban J connectivity index is 1.75. The predicted octanol–water partition coefficient (Wildman–Crippen LogP) is 3.50. The molecule has 1 aliphatic heterocycles. The smallest absolute Gasteiger partial charge is 0.247 e. The van der Waals surface area contributed by atoms with E-state index in [1.807, 2.05) is 24.3 Å². The summed E-state index contributed by atoms with van der Waals surface area (Å²) in [5.74, 6) is 2.07. The number of benzene rings is 1. The topological polar surface area (TPSA) is 53.9 Å². The molecule has 1 unspecified atom stereocenters. The van der Waals surface area contributed by atoms with Gasteiger partial charge in [-0.3, -0.25) is 0 Å². The highest BCUT2D eigenvalue weighted by Crippen LogP contribution is 2.21. The van der Waals surface area contributed by atoms with Crippen LogP contribution >= 0.6 is 11.6 Å². The molecule has 21 heavy (non-hydrogen) atoms. The fraction of sp³-hybridized carbons (Fsp3) is 0.400. The molecule has 110 valence electrons. The highest BCUT2D eigenvalue weighted by Gasteiger charge is 2.19. The van der Waals surface area contributed by atoms with E-state index in [1.165, 1.54) is 12.8 Å². The second-order valence-electron chi connectivity index (χ2n) is 5.47. The summed E-state index contributed by atoms with van der Waals surface area (Å²) >= 11 is 5.88. The molecule has 0 amide bonds. The van der Waals surface area contributed by atoms with Crippen LogP contribution in [0.1, 0.15) is 19.8 Å². The number of piperidine rings is 1. The molecule has 2 heterocycles. The molecular weight excluding hydrogens is 286 g/mol. The van der Waals surface area contributed by atoms with Gasteiger partial charge in [0.2, 0.25) is 5.95 Å². The van der Waals surface area contributed by atoms with Crippen molar-refractivity contribution in [3.8, 4) is 0 Å². The van der Waals surface area contributed by atoms with Crippen molar-refractivity contribution < 1.29 is 0 Å². The zero-order valence-corrected chi connectivity index (χ0v) is 12.7. The van der Waals surface area contributed by atoms with Crippen molar-refractivity contribution in [3.05, 3.63) is 35.5 Å². The molecule has 0 aliphatic carbocycles. The molecule has 1 N–H and O–H groups in total. The van der Waals surface area contributed by atoms with Crippen molar-refractivity contribution in [1.29, 1.82) is 0 Å². The molecule has 0 radical (unpaired) electrons. The van der Waals surface area contributed by atoms with Gasteiger partial charge >= 0.3 is 0 Å². The standard InChI is InChI=1S/C15H18ClN5/c1-11-3-2-8-21(10-11)15-19-14(9-17-20-15)18-13-6-4-12(16)5-7-13/h4-7,9,11H,2-3,8,10H2,1H3,(H,18,19,20). The molecule has 6 heteroatoms. The van der Waals surface area contributed by atoms with Crippen LogP contribution in [0.5, 0.6) is 0 Å². The van der Waals surface area contributed by atoms with Gasteiger partial charge in [-0.25, -0.2) is 0 Å². The largest absolute Gasteiger partial charge is 0.339 e. The molecule has 0 spiro atoms. The lowest BCUT2D eigenvalue weighted by Gasteiger charge is -2.30. The lowest BCUT2D eigenvalue weighted by molar-refractivity contribution is 0.441. The summed E-state index contributed by atoms with van der Waals surface area (Å²) in [6.45, 7) is 4.25. The maximum Gasteiger partial charge on any atom is 0.247 e. The molecule has 0 saturated carbocycles. The molecule has 5 nitrogen and oxygen atoms in total. The van der Waals surface area contributed by atoms with Crippen molar-refractivity contribution in [3.63, 3.8) is 0 Å². The summed E-state index contributed by atoms with van der Waals surface area (Å²) < 4.78 is 0. The monoisotopic (exact) mass is 303 g/mol. The van der Waals surface area contributed by atoms with E-state index in [9.17, 15) is 0 Å². The van der Waals surface area contributed by atoms with Gasteiger partial charge in [0.1, 0.15) is 0 Å². The van der Waals surface area contributed by atoms with Gasteiger partial charge in [0.15, 0.2) is 5.82 Å². The summed E-state index contributed by atoms with van der Waals surface area (Å²) in [6, 6.07) is 7.50. The van der Waals surface area contributed by atoms with Crippen LogP contribution in [0, 0.1) is 5.92 Å². The molecular formula is C15H18ClN5. The Morgan fingerprint density at radius 3 is 2.86 bits per heavy atom. The van der Waals surface area contributed by atoms with Crippen LogP contribution < -0.4 is 10.2 Å². The predicted molar refractivity (Wildman–Crippen MR) is 85.2 cm³/mol. The van der Waals surface area contributed by atoms with E-state index in [0.29, 0.717) is 22.7 Å². The number of anilines is 3. The van der Waals surface area contributed by atoms with E-state index in [-0.39, 0.29) is 0 Å². The second-order valence-corrected chi connectivity index (χ2v) is 5.90. The maximum absolute atomic E-state index is 5.88. The molecule has 1 atom stereocenters. The molecule has 1 aromatic carbocycles. The van der Waals surface area contributed by atoms with Crippen molar-refractivity contribution in [2.75, 3.05) is 23.3 Å². The molecule has 0 bridgehead atoms. The van der Waals surface area contributed by atoms with Crippen molar-refractivity contribution >= 4 is 29.1 Å². The van der Waals surface area contributed by atoms with Crippen molar-refractivity contribution in [2.24, 2.45) is 5.92 Å². The second kappa shape index (κ2) is 6.26. The van der Waals surface area contributed by atoms with Gasteiger partial charge in [-0.05, 0) is 43.0 Å². The lowest BCUT2D eigenvalue weighted by atomic mass is 10.0. The summed E-state index contributed by atoms with van der Waals surface area (Å²) in [6.07, 6.45) is 4.08. The summed E-state index contributed by atoms with van der Waals surface area (Å²) in [5.41, 5.74) is 0.929. The minimum absolute atomic E-state index is 0.676. The quantitative estimate of drug-likeness (QED) is 0.940. The Morgan fingerprint density at radius 1 is 1.29 bits per heavy atom. The zero-order valence-electron chi connectivity index (χ0n) is 12.0. The van der Waals surface area contributed by atoms with Gasteiger partial charge in [-0.15, -0.1) is 5.10 Å². The van der Waals surface area contributed by atoms with E-state index in [0.717, 1.165) is 18.8 Å². The lowest BCUT2D eigenvalue weighted by Crippen LogP contribution is -2.35. The number of nitrogens with one attached hydrogen (secondary N) is 1. The number of nitrogens with zero attached hydrogens (tertiary/aromatic N) is 4. The Morgan fingerprint density at radius 2 is 2.10 bits per heavy atom. The van der Waals surface area contributed by atoms with E-state index >= 15 is 0 Å². The van der Waals surface area contributed by atoms with Gasteiger partial charge < -0.3 is 10.2 Å². The van der Waals surface area contributed by atoms with E-state index in [2.05, 4.69) is 32.3 Å². The molecule has 1 aromatic heterocycles. The third kappa shape index (κ3) is 3.61. The Hall–Kier alpha value is -1.88.